The topological polar surface area (TPSA) is 91.7 Å². The molecule has 0 bridgehead atoms. The number of amides is 2. The molecule has 2 N–H and O–H groups in total. The fourth-order valence-electron chi connectivity index (χ4n) is 3.69. The van der Waals surface area contributed by atoms with E-state index in [2.05, 4.69) is 43.0 Å². The minimum absolute atomic E-state index is 0.0519. The fraction of sp³-hybridized carbons (Fsp3) is 0.333. The van der Waals surface area contributed by atoms with Gasteiger partial charge in [-0.15, -0.1) is 13.2 Å². The summed E-state index contributed by atoms with van der Waals surface area (Å²) in [6.45, 7) is 7.99. The molecule has 0 saturated heterocycles. The van der Waals surface area contributed by atoms with Crippen molar-refractivity contribution < 1.29 is 22.7 Å². The summed E-state index contributed by atoms with van der Waals surface area (Å²) < 4.78 is 48.0. The molecule has 0 radical (unpaired) electrons. The molecule has 0 aliphatic rings. The second-order valence-corrected chi connectivity index (χ2v) is 9.80. The van der Waals surface area contributed by atoms with Crippen molar-refractivity contribution in [3.8, 4) is 5.75 Å². The molecule has 3 rings (SSSR count). The van der Waals surface area contributed by atoms with Crippen LogP contribution in [0.3, 0.4) is 0 Å². The number of urea groups is 1. The Morgan fingerprint density at radius 2 is 1.85 bits per heavy atom. The fourth-order valence-corrected chi connectivity index (χ4v) is 4.15. The predicted octanol–water partition coefficient (Wildman–Crippen LogP) is 7.21. The van der Waals surface area contributed by atoms with E-state index >= 15 is 0 Å². The quantitative estimate of drug-likeness (QED) is 0.201. The van der Waals surface area contributed by atoms with Crippen LogP contribution >= 0.6 is 12.1 Å². The Bertz CT molecular complexity index is 1290. The maximum Gasteiger partial charge on any atom is 0.573 e. The molecular weight excluding hydrogens is 529 g/mol. The van der Waals surface area contributed by atoms with Crippen molar-refractivity contribution in [3.05, 3.63) is 71.5 Å². The van der Waals surface area contributed by atoms with E-state index in [1.54, 1.807) is 24.4 Å². The van der Waals surface area contributed by atoms with Crippen molar-refractivity contribution >= 4 is 41.7 Å². The molecule has 39 heavy (non-hydrogen) atoms. The molecule has 0 aliphatic carbocycles. The van der Waals surface area contributed by atoms with Crippen LogP contribution in [0.25, 0.3) is 0 Å². The molecule has 8 nitrogen and oxygen atoms in total. The van der Waals surface area contributed by atoms with Crippen LogP contribution in [0.1, 0.15) is 43.5 Å². The molecular formula is C27H31F3N6O2S. The lowest BCUT2D eigenvalue weighted by Crippen LogP contribution is -2.23. The molecule has 1 heterocycles. The van der Waals surface area contributed by atoms with Gasteiger partial charge in [0, 0.05) is 36.5 Å². The van der Waals surface area contributed by atoms with Gasteiger partial charge in [-0.25, -0.2) is 19.2 Å². The van der Waals surface area contributed by atoms with E-state index in [0.717, 1.165) is 34.6 Å². The molecule has 2 aromatic carbocycles. The number of alkyl halides is 3. The molecule has 0 saturated carbocycles. The summed E-state index contributed by atoms with van der Waals surface area (Å²) in [5.74, 6) is 0.444. The van der Waals surface area contributed by atoms with Crippen LogP contribution in [0.4, 0.5) is 35.3 Å². The molecule has 0 fully saturated rings. The number of nitrogens with one attached hydrogen (secondary N) is 2. The summed E-state index contributed by atoms with van der Waals surface area (Å²) >= 11 is 0.944. The number of carbonyl (C=O) groups is 1. The number of benzene rings is 2. The molecule has 2 amide bonds. The summed E-state index contributed by atoms with van der Waals surface area (Å²) in [5, 5.41) is 2.85. The third kappa shape index (κ3) is 9.17. The lowest BCUT2D eigenvalue weighted by Gasteiger charge is -2.19. The zero-order valence-corrected chi connectivity index (χ0v) is 23.1. The summed E-state index contributed by atoms with van der Waals surface area (Å²) in [4.78, 5) is 22.9. The van der Waals surface area contributed by atoms with Crippen molar-refractivity contribution in [1.82, 2.24) is 14.7 Å². The molecule has 1 unspecified atom stereocenters. The van der Waals surface area contributed by atoms with Crippen molar-refractivity contribution in [2.45, 2.75) is 46.4 Å². The number of para-hydroxylation sites is 1. The number of anilines is 3. The lowest BCUT2D eigenvalue weighted by atomic mass is 10.0. The van der Waals surface area contributed by atoms with Gasteiger partial charge < -0.3 is 15.0 Å². The van der Waals surface area contributed by atoms with E-state index in [9.17, 15) is 18.0 Å². The van der Waals surface area contributed by atoms with Crippen LogP contribution in [-0.2, 0) is 6.42 Å². The van der Waals surface area contributed by atoms with Gasteiger partial charge in [-0.05, 0) is 66.6 Å². The minimum Gasteiger partial charge on any atom is -0.406 e. The van der Waals surface area contributed by atoms with E-state index in [0.29, 0.717) is 18.1 Å². The van der Waals surface area contributed by atoms with Gasteiger partial charge in [-0.3, -0.25) is 4.72 Å². The summed E-state index contributed by atoms with van der Waals surface area (Å²) in [7, 11) is 1.73. The summed E-state index contributed by atoms with van der Waals surface area (Å²) in [6, 6.07) is 12.8. The smallest absolute Gasteiger partial charge is 0.406 e. The lowest BCUT2D eigenvalue weighted by molar-refractivity contribution is -0.274. The number of hydrogen-bond acceptors (Lipinski definition) is 7. The number of aromatic nitrogens is 2. The highest BCUT2D eigenvalue weighted by Gasteiger charge is 2.31. The van der Waals surface area contributed by atoms with Crippen LogP contribution in [0.2, 0.25) is 0 Å². The highest BCUT2D eigenvalue weighted by Crippen LogP contribution is 2.27. The number of rotatable bonds is 10. The normalized spacial score (nSPS) is 12.4. The zero-order valence-electron chi connectivity index (χ0n) is 22.3. The second kappa shape index (κ2) is 13.3. The van der Waals surface area contributed by atoms with Gasteiger partial charge in [0.25, 0.3) is 0 Å². The van der Waals surface area contributed by atoms with Crippen LogP contribution in [-0.4, -0.2) is 35.6 Å². The van der Waals surface area contributed by atoms with E-state index < -0.39 is 6.36 Å². The number of aryl methyl sites for hydroxylation is 1. The Labute approximate surface area is 230 Å². The van der Waals surface area contributed by atoms with Crippen LogP contribution in [0.15, 0.2) is 59.1 Å². The Kier molecular flexibility index (Phi) is 10.2. The molecule has 0 spiro atoms. The SMILES string of the molecule is Cc1nc(N(C)c2ccc(OC(F)(F)F)cc2)ncc1CC(C)/C=N/SNC(=O)Nc1ccccc1C(C)C. The Morgan fingerprint density at radius 1 is 1.15 bits per heavy atom. The van der Waals surface area contributed by atoms with Gasteiger partial charge in [-0.2, -0.15) is 0 Å². The van der Waals surface area contributed by atoms with E-state index in [-0.39, 0.29) is 23.6 Å². The first-order chi connectivity index (χ1) is 18.4. The predicted molar refractivity (Wildman–Crippen MR) is 150 cm³/mol. The van der Waals surface area contributed by atoms with Gasteiger partial charge in [0.15, 0.2) is 0 Å². The Morgan fingerprint density at radius 3 is 2.49 bits per heavy atom. The van der Waals surface area contributed by atoms with Gasteiger partial charge in [0.05, 0.1) is 12.1 Å². The number of carbonyl (C=O) groups excluding carboxylic acids is 1. The first kappa shape index (κ1) is 29.8. The average molecular weight is 561 g/mol. The van der Waals surface area contributed by atoms with Gasteiger partial charge in [-0.1, -0.05) is 39.0 Å². The van der Waals surface area contributed by atoms with Gasteiger partial charge in [0.1, 0.15) is 5.75 Å². The van der Waals surface area contributed by atoms with E-state index in [4.69, 9.17) is 0 Å². The van der Waals surface area contributed by atoms with Crippen molar-refractivity contribution in [1.29, 1.82) is 0 Å². The average Bonchev–Trinajstić information content (AvgIpc) is 2.87. The van der Waals surface area contributed by atoms with Gasteiger partial charge in [0.2, 0.25) is 5.95 Å². The van der Waals surface area contributed by atoms with Crippen LogP contribution in [0.5, 0.6) is 5.75 Å². The molecule has 3 aromatic rings. The maximum atomic E-state index is 12.4. The van der Waals surface area contributed by atoms with E-state index in [1.165, 1.54) is 24.3 Å². The Hall–Kier alpha value is -3.80. The van der Waals surface area contributed by atoms with Crippen LogP contribution < -0.4 is 19.7 Å². The first-order valence-corrected chi connectivity index (χ1v) is 13.0. The molecule has 1 atom stereocenters. The third-order valence-electron chi connectivity index (χ3n) is 5.71. The number of halogens is 3. The number of hydrogen-bond donors (Lipinski definition) is 2. The highest BCUT2D eigenvalue weighted by molar-refractivity contribution is 7.96. The largest absolute Gasteiger partial charge is 0.573 e. The molecule has 208 valence electrons. The van der Waals surface area contributed by atoms with Gasteiger partial charge >= 0.3 is 12.4 Å². The number of ether oxygens (including phenoxy) is 1. The summed E-state index contributed by atoms with van der Waals surface area (Å²) in [6.07, 6.45) is -0.631. The molecule has 0 aliphatic heterocycles. The van der Waals surface area contributed by atoms with Crippen molar-refractivity contribution in [2.24, 2.45) is 10.3 Å². The zero-order chi connectivity index (χ0) is 28.6. The molecule has 1 aromatic heterocycles. The summed E-state index contributed by atoms with van der Waals surface area (Å²) in [5.41, 5.74) is 4.13. The highest BCUT2D eigenvalue weighted by atomic mass is 32.2. The van der Waals surface area contributed by atoms with E-state index in [1.807, 2.05) is 38.1 Å². The monoisotopic (exact) mass is 560 g/mol. The Balaban J connectivity index is 1.51. The second-order valence-electron chi connectivity index (χ2n) is 9.21. The standard InChI is InChI=1S/C27H31F3N6O2S/c1-17(2)23-8-6-7-9-24(23)34-26(37)35-39-32-15-18(3)14-20-16-31-25(33-19(20)4)36(5)21-10-12-22(13-11-21)38-27(28,29)30/h6-13,15-18H,14H2,1-5H3,(H2,34,35,37)/b32-15+. The minimum atomic E-state index is -4.74. The first-order valence-electron chi connectivity index (χ1n) is 12.2. The van der Waals surface area contributed by atoms with Crippen molar-refractivity contribution in [2.75, 3.05) is 17.3 Å². The third-order valence-corrected chi connectivity index (χ3v) is 6.21. The maximum absolute atomic E-state index is 12.4. The number of nitrogens with zero attached hydrogens (tertiary/aromatic N) is 4. The molecule has 12 heteroatoms. The van der Waals surface area contributed by atoms with Crippen molar-refractivity contribution in [3.63, 3.8) is 0 Å². The van der Waals surface area contributed by atoms with Crippen LogP contribution in [0, 0.1) is 12.8 Å².